The molecule has 1 saturated carbocycles. The molecule has 1 amide bonds. The van der Waals surface area contributed by atoms with Crippen LogP contribution in [-0.2, 0) is 9.53 Å². The molecule has 3 N–H and O–H groups in total. The summed E-state index contributed by atoms with van der Waals surface area (Å²) < 4.78 is 6.09. The summed E-state index contributed by atoms with van der Waals surface area (Å²) in [4.78, 5) is 15.9. The molecule has 2 fully saturated rings. The Morgan fingerprint density at radius 1 is 1.11 bits per heavy atom. The monoisotopic (exact) mass is 500 g/mol. The van der Waals surface area contributed by atoms with Gasteiger partial charge in [0.25, 0.3) is 0 Å². The van der Waals surface area contributed by atoms with Gasteiger partial charge < -0.3 is 20.7 Å². The van der Waals surface area contributed by atoms with Crippen molar-refractivity contribution in [3.05, 3.63) is 35.4 Å². The summed E-state index contributed by atoms with van der Waals surface area (Å²) in [7, 11) is 1.77. The number of rotatable bonds is 7. The fourth-order valence-electron chi connectivity index (χ4n) is 3.48. The molecule has 1 heterocycles. The highest BCUT2D eigenvalue weighted by Gasteiger charge is 2.29. The number of aryl methyl sites for hydroxylation is 1. The number of carbonyl (C=O) groups is 1. The second-order valence-electron chi connectivity index (χ2n) is 7.55. The number of nitrogens with zero attached hydrogens (tertiary/aromatic N) is 1. The quantitative estimate of drug-likeness (QED) is 0.233. The molecule has 1 aromatic rings. The smallest absolute Gasteiger partial charge is 0.223 e. The lowest BCUT2D eigenvalue weighted by Gasteiger charge is -2.32. The molecule has 0 bridgehead atoms. The summed E-state index contributed by atoms with van der Waals surface area (Å²) in [6, 6.07) is 8.64. The molecule has 1 saturated heterocycles. The molecule has 1 aliphatic carbocycles. The first kappa shape index (κ1) is 22.9. The van der Waals surface area contributed by atoms with Crippen LogP contribution in [0.3, 0.4) is 0 Å². The molecule has 1 aliphatic heterocycles. The lowest BCUT2D eigenvalue weighted by atomic mass is 9.89. The van der Waals surface area contributed by atoms with Crippen LogP contribution in [0.5, 0.6) is 0 Å². The predicted octanol–water partition coefficient (Wildman–Crippen LogP) is 2.77. The van der Waals surface area contributed by atoms with E-state index in [0.717, 1.165) is 44.8 Å². The van der Waals surface area contributed by atoms with Gasteiger partial charge in [0, 0.05) is 45.1 Å². The molecule has 0 radical (unpaired) electrons. The second-order valence-corrected chi connectivity index (χ2v) is 7.55. The molecule has 2 aliphatic rings. The summed E-state index contributed by atoms with van der Waals surface area (Å²) in [5.41, 5.74) is 2.51. The van der Waals surface area contributed by atoms with Crippen LogP contribution >= 0.6 is 24.0 Å². The third-order valence-electron chi connectivity index (χ3n) is 5.27. The largest absolute Gasteiger partial charge is 0.373 e. The second kappa shape index (κ2) is 11.6. The average molecular weight is 500 g/mol. The Morgan fingerprint density at radius 3 is 2.50 bits per heavy atom. The van der Waals surface area contributed by atoms with Crippen molar-refractivity contribution in [1.82, 2.24) is 16.0 Å². The molecular weight excluding hydrogens is 467 g/mol. The molecule has 2 atom stereocenters. The van der Waals surface area contributed by atoms with Crippen molar-refractivity contribution in [2.75, 3.05) is 33.3 Å². The summed E-state index contributed by atoms with van der Waals surface area (Å²) >= 11 is 0. The lowest BCUT2D eigenvalue weighted by molar-refractivity contribution is -0.122. The standard InChI is InChI=1S/C21H32N4O2.HI/c1-15-5-7-16(8-6-15)19-18(4-3-13-27-19)14-25-21(22-2)24-12-11-23-20(26)17-9-10-17;/h5-8,17-19H,3-4,9-14H2,1-2H3,(H,23,26)(H2,22,24,25);1H. The van der Waals surface area contributed by atoms with E-state index in [9.17, 15) is 4.79 Å². The Hall–Kier alpha value is -1.35. The average Bonchev–Trinajstić information content (AvgIpc) is 3.53. The van der Waals surface area contributed by atoms with Crippen LogP contribution in [0, 0.1) is 18.8 Å². The maximum atomic E-state index is 11.6. The summed E-state index contributed by atoms with van der Waals surface area (Å²) in [5.74, 6) is 1.62. The number of hydrogen-bond donors (Lipinski definition) is 3. The topological polar surface area (TPSA) is 74.8 Å². The van der Waals surface area contributed by atoms with Crippen molar-refractivity contribution < 1.29 is 9.53 Å². The highest BCUT2D eigenvalue weighted by Crippen LogP contribution is 2.33. The van der Waals surface area contributed by atoms with E-state index in [1.165, 1.54) is 11.1 Å². The minimum atomic E-state index is 0. The van der Waals surface area contributed by atoms with Crippen molar-refractivity contribution >= 4 is 35.8 Å². The van der Waals surface area contributed by atoms with Gasteiger partial charge in [-0.25, -0.2) is 0 Å². The van der Waals surface area contributed by atoms with Crippen LogP contribution in [0.15, 0.2) is 29.3 Å². The van der Waals surface area contributed by atoms with Crippen LogP contribution < -0.4 is 16.0 Å². The third kappa shape index (κ3) is 6.92. The van der Waals surface area contributed by atoms with Crippen LogP contribution in [-0.4, -0.2) is 45.2 Å². The summed E-state index contributed by atoms with van der Waals surface area (Å²) in [6.45, 7) is 5.03. The summed E-state index contributed by atoms with van der Waals surface area (Å²) in [5, 5.41) is 9.65. The van der Waals surface area contributed by atoms with Gasteiger partial charge in [-0.1, -0.05) is 29.8 Å². The highest BCUT2D eigenvalue weighted by atomic mass is 127. The van der Waals surface area contributed by atoms with Gasteiger partial charge in [-0.05, 0) is 38.2 Å². The number of benzene rings is 1. The highest BCUT2D eigenvalue weighted by molar-refractivity contribution is 14.0. The first-order valence-electron chi connectivity index (χ1n) is 10.1. The van der Waals surface area contributed by atoms with Crippen molar-refractivity contribution in [3.8, 4) is 0 Å². The van der Waals surface area contributed by atoms with Gasteiger partial charge in [0.2, 0.25) is 5.91 Å². The first-order valence-corrected chi connectivity index (χ1v) is 10.1. The molecule has 2 unspecified atom stereocenters. The summed E-state index contributed by atoms with van der Waals surface area (Å²) in [6.07, 6.45) is 4.43. The fourth-order valence-corrected chi connectivity index (χ4v) is 3.48. The van der Waals surface area contributed by atoms with E-state index < -0.39 is 0 Å². The maximum Gasteiger partial charge on any atom is 0.223 e. The molecular formula is C21H33IN4O2. The van der Waals surface area contributed by atoms with E-state index >= 15 is 0 Å². The molecule has 28 heavy (non-hydrogen) atoms. The van der Waals surface area contributed by atoms with Crippen molar-refractivity contribution in [3.63, 3.8) is 0 Å². The Morgan fingerprint density at radius 2 is 1.82 bits per heavy atom. The number of hydrogen-bond acceptors (Lipinski definition) is 3. The van der Waals surface area contributed by atoms with E-state index in [1.807, 2.05) is 0 Å². The molecule has 0 spiro atoms. The van der Waals surface area contributed by atoms with E-state index in [2.05, 4.69) is 52.1 Å². The Labute approximate surface area is 185 Å². The normalized spacial score (nSPS) is 22.1. The van der Waals surface area contributed by atoms with Gasteiger partial charge >= 0.3 is 0 Å². The van der Waals surface area contributed by atoms with Gasteiger partial charge in [-0.2, -0.15) is 0 Å². The van der Waals surface area contributed by atoms with Crippen LogP contribution in [0.4, 0.5) is 0 Å². The molecule has 7 heteroatoms. The Bertz CT molecular complexity index is 646. The lowest BCUT2D eigenvalue weighted by Crippen LogP contribution is -2.44. The van der Waals surface area contributed by atoms with Gasteiger partial charge in [-0.3, -0.25) is 9.79 Å². The van der Waals surface area contributed by atoms with E-state index in [4.69, 9.17) is 4.74 Å². The molecule has 1 aromatic carbocycles. The van der Waals surface area contributed by atoms with Crippen molar-refractivity contribution in [1.29, 1.82) is 0 Å². The zero-order chi connectivity index (χ0) is 19.1. The minimum Gasteiger partial charge on any atom is -0.373 e. The van der Waals surface area contributed by atoms with E-state index in [-0.39, 0.29) is 41.9 Å². The Balaban J connectivity index is 0.00000280. The number of aliphatic imine (C=N–C) groups is 1. The number of carbonyl (C=O) groups excluding carboxylic acids is 1. The zero-order valence-electron chi connectivity index (χ0n) is 16.9. The van der Waals surface area contributed by atoms with Crippen molar-refractivity contribution in [2.45, 2.75) is 38.7 Å². The van der Waals surface area contributed by atoms with Gasteiger partial charge in [-0.15, -0.1) is 24.0 Å². The SMILES string of the molecule is CN=C(NCCNC(=O)C1CC1)NCC1CCCOC1c1ccc(C)cc1.I. The predicted molar refractivity (Wildman–Crippen MR) is 123 cm³/mol. The minimum absolute atomic E-state index is 0. The number of guanidine groups is 1. The van der Waals surface area contributed by atoms with Crippen LogP contribution in [0.1, 0.15) is 42.9 Å². The number of ether oxygens (including phenoxy) is 1. The number of amides is 1. The molecule has 156 valence electrons. The van der Waals surface area contributed by atoms with Gasteiger partial charge in [0.05, 0.1) is 6.10 Å². The van der Waals surface area contributed by atoms with Crippen LogP contribution in [0.2, 0.25) is 0 Å². The fraction of sp³-hybridized carbons (Fsp3) is 0.619. The first-order chi connectivity index (χ1) is 13.2. The third-order valence-corrected chi connectivity index (χ3v) is 5.27. The van der Waals surface area contributed by atoms with Crippen LogP contribution in [0.25, 0.3) is 0 Å². The van der Waals surface area contributed by atoms with Gasteiger partial charge in [0.15, 0.2) is 5.96 Å². The van der Waals surface area contributed by atoms with E-state index in [1.54, 1.807) is 7.05 Å². The van der Waals surface area contributed by atoms with Crippen molar-refractivity contribution in [2.24, 2.45) is 16.8 Å². The zero-order valence-corrected chi connectivity index (χ0v) is 19.2. The molecule has 3 rings (SSSR count). The molecule has 6 nitrogen and oxygen atoms in total. The van der Waals surface area contributed by atoms with Gasteiger partial charge in [0.1, 0.15) is 0 Å². The van der Waals surface area contributed by atoms with E-state index in [0.29, 0.717) is 19.0 Å². The number of halogens is 1. The maximum absolute atomic E-state index is 11.6. The molecule has 0 aromatic heterocycles. The number of nitrogens with one attached hydrogen (secondary N) is 3. The Kier molecular flexibility index (Phi) is 9.50.